The Bertz CT molecular complexity index is 789. The fourth-order valence-electron chi connectivity index (χ4n) is 3.25. The number of amides is 1. The SMILES string of the molecule is O=C(NCC(c1cccc(Cl)c1)N1CCCC1)c1ccc([N+](=O)[O-])cc1. The fourth-order valence-corrected chi connectivity index (χ4v) is 3.45. The van der Waals surface area contributed by atoms with E-state index in [0.29, 0.717) is 17.1 Å². The molecule has 0 aliphatic carbocycles. The van der Waals surface area contributed by atoms with Crippen molar-refractivity contribution in [2.45, 2.75) is 18.9 Å². The zero-order chi connectivity index (χ0) is 18.5. The summed E-state index contributed by atoms with van der Waals surface area (Å²) in [5.74, 6) is -0.244. The van der Waals surface area contributed by atoms with Crippen molar-refractivity contribution >= 4 is 23.2 Å². The minimum Gasteiger partial charge on any atom is -0.350 e. The number of nitrogens with zero attached hydrogens (tertiary/aromatic N) is 2. The molecule has 0 saturated carbocycles. The smallest absolute Gasteiger partial charge is 0.269 e. The molecule has 2 aromatic carbocycles. The summed E-state index contributed by atoms with van der Waals surface area (Å²) in [7, 11) is 0. The van der Waals surface area contributed by atoms with Crippen LogP contribution in [0.5, 0.6) is 0 Å². The van der Waals surface area contributed by atoms with Crippen molar-refractivity contribution in [3.8, 4) is 0 Å². The maximum absolute atomic E-state index is 12.4. The molecule has 7 heteroatoms. The number of nitrogens with one attached hydrogen (secondary N) is 1. The Morgan fingerprint density at radius 3 is 2.50 bits per heavy atom. The van der Waals surface area contributed by atoms with E-state index in [1.54, 1.807) is 0 Å². The summed E-state index contributed by atoms with van der Waals surface area (Å²) in [5.41, 5.74) is 1.45. The largest absolute Gasteiger partial charge is 0.350 e. The van der Waals surface area contributed by atoms with E-state index in [0.717, 1.165) is 31.5 Å². The van der Waals surface area contributed by atoms with E-state index in [4.69, 9.17) is 11.6 Å². The van der Waals surface area contributed by atoms with Crippen molar-refractivity contribution in [1.82, 2.24) is 10.2 Å². The van der Waals surface area contributed by atoms with Gasteiger partial charge in [-0.2, -0.15) is 0 Å². The molecule has 0 bridgehead atoms. The first-order valence-electron chi connectivity index (χ1n) is 8.57. The Balaban J connectivity index is 1.70. The van der Waals surface area contributed by atoms with Gasteiger partial charge in [0.15, 0.2) is 0 Å². The van der Waals surface area contributed by atoms with Crippen LogP contribution in [-0.2, 0) is 0 Å². The van der Waals surface area contributed by atoms with Gasteiger partial charge in [-0.25, -0.2) is 0 Å². The van der Waals surface area contributed by atoms with Crippen molar-refractivity contribution in [2.24, 2.45) is 0 Å². The number of nitro benzene ring substituents is 1. The summed E-state index contributed by atoms with van der Waals surface area (Å²) in [6.45, 7) is 2.44. The average molecular weight is 374 g/mol. The molecule has 1 aliphatic rings. The second kappa shape index (κ2) is 8.29. The third kappa shape index (κ3) is 4.39. The fraction of sp³-hybridized carbons (Fsp3) is 0.316. The first-order valence-corrected chi connectivity index (χ1v) is 8.94. The third-order valence-corrected chi connectivity index (χ3v) is 4.85. The molecule has 26 heavy (non-hydrogen) atoms. The van der Waals surface area contributed by atoms with Crippen LogP contribution >= 0.6 is 11.6 Å². The van der Waals surface area contributed by atoms with Gasteiger partial charge in [0.05, 0.1) is 11.0 Å². The third-order valence-electron chi connectivity index (χ3n) is 4.61. The van der Waals surface area contributed by atoms with Crippen molar-refractivity contribution in [1.29, 1.82) is 0 Å². The van der Waals surface area contributed by atoms with Crippen molar-refractivity contribution < 1.29 is 9.72 Å². The number of rotatable bonds is 6. The normalized spacial score (nSPS) is 15.6. The highest BCUT2D eigenvalue weighted by atomic mass is 35.5. The van der Waals surface area contributed by atoms with Gasteiger partial charge in [-0.15, -0.1) is 0 Å². The van der Waals surface area contributed by atoms with Gasteiger partial charge < -0.3 is 5.32 Å². The molecule has 136 valence electrons. The number of nitro groups is 1. The van der Waals surface area contributed by atoms with Gasteiger partial charge in [-0.1, -0.05) is 23.7 Å². The van der Waals surface area contributed by atoms with E-state index in [9.17, 15) is 14.9 Å². The minimum atomic E-state index is -0.482. The molecule has 2 aromatic rings. The van der Waals surface area contributed by atoms with E-state index in [1.807, 2.05) is 24.3 Å². The molecule has 1 amide bonds. The first-order chi connectivity index (χ1) is 12.5. The second-order valence-corrected chi connectivity index (χ2v) is 6.76. The standard InChI is InChI=1S/C19H20ClN3O3/c20-16-5-3-4-15(12-16)18(22-10-1-2-11-22)13-21-19(24)14-6-8-17(9-7-14)23(25)26/h3-9,12,18H,1-2,10-11,13H2,(H,21,24). The molecule has 0 aromatic heterocycles. The Morgan fingerprint density at radius 1 is 1.19 bits per heavy atom. The monoisotopic (exact) mass is 373 g/mol. The summed E-state index contributed by atoms with van der Waals surface area (Å²) < 4.78 is 0. The molecule has 1 heterocycles. The van der Waals surface area contributed by atoms with Gasteiger partial charge in [0.1, 0.15) is 0 Å². The molecule has 1 fully saturated rings. The number of likely N-dealkylation sites (tertiary alicyclic amines) is 1. The minimum absolute atomic E-state index is 0.0320. The molecule has 1 aliphatic heterocycles. The molecule has 0 spiro atoms. The Hall–Kier alpha value is -2.44. The van der Waals surface area contributed by atoms with Crippen LogP contribution in [0.2, 0.25) is 5.02 Å². The van der Waals surface area contributed by atoms with E-state index < -0.39 is 4.92 Å². The predicted molar refractivity (Wildman–Crippen MR) is 100 cm³/mol. The Labute approximate surface area is 156 Å². The van der Waals surface area contributed by atoms with Gasteiger partial charge in [-0.3, -0.25) is 19.8 Å². The van der Waals surface area contributed by atoms with E-state index >= 15 is 0 Å². The lowest BCUT2D eigenvalue weighted by Crippen LogP contribution is -2.36. The van der Waals surface area contributed by atoms with Gasteiger partial charge in [-0.05, 0) is 55.8 Å². The molecule has 3 rings (SSSR count). The highest BCUT2D eigenvalue weighted by Crippen LogP contribution is 2.26. The van der Waals surface area contributed by atoms with Crippen LogP contribution in [0.4, 0.5) is 5.69 Å². The molecule has 6 nitrogen and oxygen atoms in total. The van der Waals surface area contributed by atoms with E-state index in [-0.39, 0.29) is 17.6 Å². The van der Waals surface area contributed by atoms with E-state index in [2.05, 4.69) is 10.2 Å². The average Bonchev–Trinajstić information content (AvgIpc) is 3.16. The quantitative estimate of drug-likeness (QED) is 0.617. The number of carbonyl (C=O) groups excluding carboxylic acids is 1. The lowest BCUT2D eigenvalue weighted by atomic mass is 10.1. The second-order valence-electron chi connectivity index (χ2n) is 6.33. The van der Waals surface area contributed by atoms with Crippen LogP contribution in [0.1, 0.15) is 34.8 Å². The summed E-state index contributed by atoms with van der Waals surface area (Å²) in [5, 5.41) is 14.3. The summed E-state index contributed by atoms with van der Waals surface area (Å²) >= 11 is 6.13. The maximum atomic E-state index is 12.4. The van der Waals surface area contributed by atoms with Crippen LogP contribution in [0.25, 0.3) is 0 Å². The number of carbonyl (C=O) groups is 1. The van der Waals surface area contributed by atoms with Crippen molar-refractivity contribution in [2.75, 3.05) is 19.6 Å². The van der Waals surface area contributed by atoms with Crippen LogP contribution < -0.4 is 5.32 Å². The topological polar surface area (TPSA) is 75.5 Å². The van der Waals surface area contributed by atoms with Crippen LogP contribution in [-0.4, -0.2) is 35.4 Å². The highest BCUT2D eigenvalue weighted by Gasteiger charge is 2.24. The molecule has 1 unspecified atom stereocenters. The lowest BCUT2D eigenvalue weighted by molar-refractivity contribution is -0.384. The molecule has 1 N–H and O–H groups in total. The number of hydrogen-bond donors (Lipinski definition) is 1. The Morgan fingerprint density at radius 2 is 1.88 bits per heavy atom. The van der Waals surface area contributed by atoms with Crippen molar-refractivity contribution in [3.63, 3.8) is 0 Å². The maximum Gasteiger partial charge on any atom is 0.269 e. The zero-order valence-electron chi connectivity index (χ0n) is 14.2. The Kier molecular flexibility index (Phi) is 5.85. The lowest BCUT2D eigenvalue weighted by Gasteiger charge is -2.28. The zero-order valence-corrected chi connectivity index (χ0v) is 15.0. The molecular weight excluding hydrogens is 354 g/mol. The van der Waals surface area contributed by atoms with Crippen LogP contribution in [0, 0.1) is 10.1 Å². The van der Waals surface area contributed by atoms with Crippen molar-refractivity contribution in [3.05, 3.63) is 74.8 Å². The van der Waals surface area contributed by atoms with Gasteiger partial charge in [0.25, 0.3) is 11.6 Å². The first kappa shape index (κ1) is 18.4. The summed E-state index contributed by atoms with van der Waals surface area (Å²) in [6.07, 6.45) is 2.29. The molecule has 1 saturated heterocycles. The highest BCUT2D eigenvalue weighted by molar-refractivity contribution is 6.30. The molecule has 1 atom stereocenters. The van der Waals surface area contributed by atoms with Crippen LogP contribution in [0.3, 0.4) is 0 Å². The van der Waals surface area contributed by atoms with Gasteiger partial charge >= 0.3 is 0 Å². The van der Waals surface area contributed by atoms with Gasteiger partial charge in [0.2, 0.25) is 0 Å². The molecular formula is C19H20ClN3O3. The number of benzene rings is 2. The van der Waals surface area contributed by atoms with E-state index in [1.165, 1.54) is 24.3 Å². The number of halogens is 1. The summed E-state index contributed by atoms with van der Waals surface area (Å²) in [4.78, 5) is 25.0. The van der Waals surface area contributed by atoms with Crippen LogP contribution in [0.15, 0.2) is 48.5 Å². The number of hydrogen-bond acceptors (Lipinski definition) is 4. The number of non-ortho nitro benzene ring substituents is 1. The molecule has 0 radical (unpaired) electrons. The van der Waals surface area contributed by atoms with Gasteiger partial charge in [0, 0.05) is 29.3 Å². The predicted octanol–water partition coefficient (Wildman–Crippen LogP) is 3.82. The summed E-state index contributed by atoms with van der Waals surface area (Å²) in [6, 6.07) is 13.4.